The van der Waals surface area contributed by atoms with Gasteiger partial charge in [0.1, 0.15) is 5.75 Å². The van der Waals surface area contributed by atoms with Gasteiger partial charge in [0.25, 0.3) is 0 Å². The first-order valence-electron chi connectivity index (χ1n) is 5.54. The Morgan fingerprint density at radius 1 is 1.12 bits per heavy atom. The van der Waals surface area contributed by atoms with Crippen LogP contribution >= 0.6 is 0 Å². The fraction of sp³-hybridized carbons (Fsp3) is 0.500. The maximum atomic E-state index is 12.4. The van der Waals surface area contributed by atoms with Crippen LogP contribution in [0, 0.1) is 0 Å². The summed E-state index contributed by atoms with van der Waals surface area (Å²) in [5.41, 5.74) is 4.64. The summed E-state index contributed by atoms with van der Waals surface area (Å²) in [5, 5.41) is 0. The van der Waals surface area contributed by atoms with E-state index in [0.29, 0.717) is 13.2 Å². The maximum Gasteiger partial charge on any atom is 0.416 e. The topological polar surface area (TPSA) is 35.2 Å². The minimum atomic E-state index is -4.32. The van der Waals surface area contributed by atoms with Gasteiger partial charge in [-0.25, -0.2) is 0 Å². The van der Waals surface area contributed by atoms with Gasteiger partial charge in [-0.1, -0.05) is 6.07 Å². The predicted molar refractivity (Wildman–Crippen MR) is 59.8 cm³/mol. The monoisotopic (exact) mass is 247 g/mol. The number of rotatable bonds is 6. The van der Waals surface area contributed by atoms with Gasteiger partial charge in [-0.2, -0.15) is 13.2 Å². The van der Waals surface area contributed by atoms with Gasteiger partial charge in [0.15, 0.2) is 0 Å². The Bertz CT molecular complexity index is 339. The molecule has 0 aromatic heterocycles. The minimum absolute atomic E-state index is 0.257. The van der Waals surface area contributed by atoms with Gasteiger partial charge < -0.3 is 10.5 Å². The zero-order chi connectivity index (χ0) is 12.7. The average molecular weight is 247 g/mol. The molecule has 0 heterocycles. The fourth-order valence-corrected chi connectivity index (χ4v) is 1.38. The van der Waals surface area contributed by atoms with Crippen molar-refractivity contribution >= 4 is 0 Å². The van der Waals surface area contributed by atoms with E-state index < -0.39 is 11.7 Å². The van der Waals surface area contributed by atoms with Crippen molar-refractivity contribution in [2.24, 2.45) is 5.73 Å². The van der Waals surface area contributed by atoms with Crippen LogP contribution in [0.15, 0.2) is 24.3 Å². The van der Waals surface area contributed by atoms with Gasteiger partial charge in [-0.15, -0.1) is 0 Å². The summed E-state index contributed by atoms with van der Waals surface area (Å²) in [7, 11) is 0. The molecule has 0 spiro atoms. The summed E-state index contributed by atoms with van der Waals surface area (Å²) < 4.78 is 42.4. The molecule has 2 N–H and O–H groups in total. The SMILES string of the molecule is NCCCCCOc1cccc(C(F)(F)F)c1. The third-order valence-electron chi connectivity index (χ3n) is 2.28. The molecule has 0 saturated heterocycles. The number of ether oxygens (including phenoxy) is 1. The Labute approximate surface area is 98.6 Å². The Kier molecular flexibility index (Phi) is 5.28. The molecule has 0 unspecified atom stereocenters. The Balaban J connectivity index is 2.44. The number of alkyl halides is 3. The average Bonchev–Trinajstić information content (AvgIpc) is 2.28. The van der Waals surface area contributed by atoms with Gasteiger partial charge in [-0.3, -0.25) is 0 Å². The van der Waals surface area contributed by atoms with Crippen LogP contribution in [0.3, 0.4) is 0 Å². The van der Waals surface area contributed by atoms with E-state index in [4.69, 9.17) is 10.5 Å². The summed E-state index contributed by atoms with van der Waals surface area (Å²) in [4.78, 5) is 0. The lowest BCUT2D eigenvalue weighted by molar-refractivity contribution is -0.137. The normalized spacial score (nSPS) is 11.5. The number of hydrogen-bond acceptors (Lipinski definition) is 2. The maximum absolute atomic E-state index is 12.4. The molecule has 96 valence electrons. The van der Waals surface area contributed by atoms with Crippen molar-refractivity contribution in [3.63, 3.8) is 0 Å². The molecule has 5 heteroatoms. The van der Waals surface area contributed by atoms with Crippen LogP contribution in [0.2, 0.25) is 0 Å². The molecule has 0 amide bonds. The quantitative estimate of drug-likeness (QED) is 0.783. The first-order chi connectivity index (χ1) is 8.04. The molecule has 0 atom stereocenters. The number of benzene rings is 1. The fourth-order valence-electron chi connectivity index (χ4n) is 1.38. The van der Waals surface area contributed by atoms with Gasteiger partial charge in [0.05, 0.1) is 12.2 Å². The van der Waals surface area contributed by atoms with Crippen molar-refractivity contribution in [2.45, 2.75) is 25.4 Å². The number of unbranched alkanes of at least 4 members (excludes halogenated alkanes) is 2. The summed E-state index contributed by atoms with van der Waals surface area (Å²) in [5.74, 6) is 0.257. The third kappa shape index (κ3) is 5.08. The molecule has 0 saturated carbocycles. The summed E-state index contributed by atoms with van der Waals surface area (Å²) in [6, 6.07) is 4.92. The van der Waals surface area contributed by atoms with Crippen LogP contribution in [-0.4, -0.2) is 13.2 Å². The van der Waals surface area contributed by atoms with E-state index >= 15 is 0 Å². The second-order valence-electron chi connectivity index (χ2n) is 3.72. The van der Waals surface area contributed by atoms with E-state index in [1.54, 1.807) is 0 Å². The highest BCUT2D eigenvalue weighted by molar-refractivity contribution is 5.30. The van der Waals surface area contributed by atoms with Crippen LogP contribution in [0.4, 0.5) is 13.2 Å². The first-order valence-corrected chi connectivity index (χ1v) is 5.54. The zero-order valence-corrected chi connectivity index (χ0v) is 9.46. The molecule has 0 aliphatic carbocycles. The van der Waals surface area contributed by atoms with E-state index in [1.165, 1.54) is 12.1 Å². The van der Waals surface area contributed by atoms with E-state index in [0.717, 1.165) is 31.4 Å². The highest BCUT2D eigenvalue weighted by Crippen LogP contribution is 2.31. The van der Waals surface area contributed by atoms with Crippen LogP contribution in [0.25, 0.3) is 0 Å². The Morgan fingerprint density at radius 2 is 1.88 bits per heavy atom. The molecule has 0 fully saturated rings. The molecular formula is C12H16F3NO. The summed E-state index contributed by atoms with van der Waals surface area (Å²) in [6.07, 6.45) is -1.69. The van der Waals surface area contributed by atoms with E-state index in [1.807, 2.05) is 0 Å². The van der Waals surface area contributed by atoms with Gasteiger partial charge in [-0.05, 0) is 44.0 Å². The number of hydrogen-bond donors (Lipinski definition) is 1. The Hall–Kier alpha value is -1.23. The molecule has 0 bridgehead atoms. The molecule has 1 rings (SSSR count). The standard InChI is InChI=1S/C12H16F3NO/c13-12(14,15)10-5-4-6-11(9-10)17-8-3-1-2-7-16/h4-6,9H,1-3,7-8,16H2. The predicted octanol–water partition coefficient (Wildman–Crippen LogP) is 3.21. The zero-order valence-electron chi connectivity index (χ0n) is 9.46. The van der Waals surface area contributed by atoms with Crippen molar-refractivity contribution in [2.75, 3.05) is 13.2 Å². The molecule has 1 aromatic rings. The lowest BCUT2D eigenvalue weighted by Crippen LogP contribution is -2.06. The highest BCUT2D eigenvalue weighted by Gasteiger charge is 2.30. The number of halogens is 3. The molecule has 17 heavy (non-hydrogen) atoms. The van der Waals surface area contributed by atoms with Gasteiger partial charge in [0.2, 0.25) is 0 Å². The van der Waals surface area contributed by atoms with Crippen molar-refractivity contribution in [1.29, 1.82) is 0 Å². The smallest absolute Gasteiger partial charge is 0.416 e. The molecule has 0 aliphatic rings. The van der Waals surface area contributed by atoms with E-state index in [-0.39, 0.29) is 5.75 Å². The van der Waals surface area contributed by atoms with Crippen LogP contribution in [0.1, 0.15) is 24.8 Å². The van der Waals surface area contributed by atoms with Crippen molar-refractivity contribution in [3.05, 3.63) is 29.8 Å². The minimum Gasteiger partial charge on any atom is -0.494 e. The molecular weight excluding hydrogens is 231 g/mol. The number of nitrogens with two attached hydrogens (primary N) is 1. The van der Waals surface area contributed by atoms with Crippen LogP contribution in [-0.2, 0) is 6.18 Å². The molecule has 0 aliphatic heterocycles. The van der Waals surface area contributed by atoms with Crippen LogP contribution in [0.5, 0.6) is 5.75 Å². The van der Waals surface area contributed by atoms with E-state index in [2.05, 4.69) is 0 Å². The first kappa shape index (κ1) is 13.8. The van der Waals surface area contributed by atoms with E-state index in [9.17, 15) is 13.2 Å². The molecule has 0 radical (unpaired) electrons. The van der Waals surface area contributed by atoms with Crippen molar-refractivity contribution in [3.8, 4) is 5.75 Å². The lowest BCUT2D eigenvalue weighted by Gasteiger charge is -2.10. The van der Waals surface area contributed by atoms with Crippen LogP contribution < -0.4 is 10.5 Å². The van der Waals surface area contributed by atoms with Gasteiger partial charge >= 0.3 is 6.18 Å². The van der Waals surface area contributed by atoms with Gasteiger partial charge in [0, 0.05) is 0 Å². The van der Waals surface area contributed by atoms with Crippen molar-refractivity contribution < 1.29 is 17.9 Å². The largest absolute Gasteiger partial charge is 0.494 e. The third-order valence-corrected chi connectivity index (χ3v) is 2.28. The highest BCUT2D eigenvalue weighted by atomic mass is 19.4. The molecule has 1 aromatic carbocycles. The summed E-state index contributed by atoms with van der Waals surface area (Å²) >= 11 is 0. The lowest BCUT2D eigenvalue weighted by atomic mass is 10.2. The summed E-state index contributed by atoms with van der Waals surface area (Å²) in [6.45, 7) is 1.05. The Morgan fingerprint density at radius 3 is 2.53 bits per heavy atom. The second kappa shape index (κ2) is 6.49. The van der Waals surface area contributed by atoms with Crippen molar-refractivity contribution in [1.82, 2.24) is 0 Å². The molecule has 2 nitrogen and oxygen atoms in total. The second-order valence-corrected chi connectivity index (χ2v) is 3.72.